The van der Waals surface area contributed by atoms with Crippen LogP contribution in [0.5, 0.6) is 0 Å². The van der Waals surface area contributed by atoms with Gasteiger partial charge in [-0.05, 0) is 25.9 Å². The molecule has 1 unspecified atom stereocenters. The Kier molecular flexibility index (Phi) is 5.02. The third kappa shape index (κ3) is 4.95. The molecule has 0 aromatic heterocycles. The number of rotatable bonds is 6. The predicted octanol–water partition coefficient (Wildman–Crippen LogP) is 0.105. The summed E-state index contributed by atoms with van der Waals surface area (Å²) in [5.74, 6) is 0.281. The minimum atomic E-state index is -2.83. The first-order chi connectivity index (χ1) is 7.03. The number of hydrogen-bond donors (Lipinski definition) is 1. The van der Waals surface area contributed by atoms with E-state index in [1.165, 1.54) is 6.26 Å². The van der Waals surface area contributed by atoms with Gasteiger partial charge in [0.25, 0.3) is 0 Å². The molecule has 1 atom stereocenters. The molecule has 90 valence electrons. The lowest BCUT2D eigenvalue weighted by molar-refractivity contribution is 0.220. The molecule has 1 aliphatic rings. The van der Waals surface area contributed by atoms with Crippen LogP contribution in [0.15, 0.2) is 0 Å². The molecule has 5 heteroatoms. The van der Waals surface area contributed by atoms with Gasteiger partial charge in [-0.2, -0.15) is 0 Å². The van der Waals surface area contributed by atoms with E-state index in [1.807, 2.05) is 0 Å². The van der Waals surface area contributed by atoms with Gasteiger partial charge in [-0.1, -0.05) is 6.92 Å². The van der Waals surface area contributed by atoms with E-state index in [-0.39, 0.29) is 5.75 Å². The van der Waals surface area contributed by atoms with Crippen molar-refractivity contribution in [1.29, 1.82) is 0 Å². The molecule has 0 aromatic carbocycles. The predicted molar refractivity (Wildman–Crippen MR) is 62.8 cm³/mol. The summed E-state index contributed by atoms with van der Waals surface area (Å²) < 4.78 is 22.2. The highest BCUT2D eigenvalue weighted by molar-refractivity contribution is 7.90. The van der Waals surface area contributed by atoms with Crippen molar-refractivity contribution < 1.29 is 8.42 Å². The van der Waals surface area contributed by atoms with Gasteiger partial charge in [0, 0.05) is 25.4 Å². The van der Waals surface area contributed by atoms with Crippen LogP contribution in [-0.4, -0.2) is 57.5 Å². The first kappa shape index (κ1) is 12.9. The van der Waals surface area contributed by atoms with Crippen molar-refractivity contribution in [3.63, 3.8) is 0 Å². The van der Waals surface area contributed by atoms with E-state index in [1.54, 1.807) is 0 Å². The Morgan fingerprint density at radius 2 is 2.13 bits per heavy atom. The monoisotopic (exact) mass is 234 g/mol. The van der Waals surface area contributed by atoms with Crippen molar-refractivity contribution in [2.75, 3.05) is 38.2 Å². The van der Waals surface area contributed by atoms with Gasteiger partial charge in [0.05, 0.1) is 5.75 Å². The minimum Gasteiger partial charge on any atom is -0.315 e. The Bertz CT molecular complexity index is 271. The van der Waals surface area contributed by atoms with Crippen LogP contribution in [0.2, 0.25) is 0 Å². The van der Waals surface area contributed by atoms with E-state index >= 15 is 0 Å². The van der Waals surface area contributed by atoms with Crippen molar-refractivity contribution in [1.82, 2.24) is 10.2 Å². The number of hydrogen-bond acceptors (Lipinski definition) is 4. The SMILES string of the molecule is CCCN(CCS(C)(=O)=O)C1CCNC1. The zero-order valence-corrected chi connectivity index (χ0v) is 10.5. The van der Waals surface area contributed by atoms with Gasteiger partial charge in [0.1, 0.15) is 9.84 Å². The van der Waals surface area contributed by atoms with Gasteiger partial charge in [-0.3, -0.25) is 4.90 Å². The smallest absolute Gasteiger partial charge is 0.148 e. The molecule has 0 aromatic rings. The van der Waals surface area contributed by atoms with E-state index in [9.17, 15) is 8.42 Å². The molecule has 4 nitrogen and oxygen atoms in total. The molecular weight excluding hydrogens is 212 g/mol. The summed E-state index contributed by atoms with van der Waals surface area (Å²) in [6, 6.07) is 0.534. The molecule has 1 rings (SSSR count). The lowest BCUT2D eigenvalue weighted by atomic mass is 10.2. The van der Waals surface area contributed by atoms with Crippen molar-refractivity contribution in [2.45, 2.75) is 25.8 Å². The molecule has 1 N–H and O–H groups in total. The Morgan fingerprint density at radius 3 is 2.60 bits per heavy atom. The molecule has 0 radical (unpaired) electrons. The highest BCUT2D eigenvalue weighted by Gasteiger charge is 2.22. The normalized spacial score (nSPS) is 22.5. The molecule has 0 bridgehead atoms. The highest BCUT2D eigenvalue weighted by atomic mass is 32.2. The zero-order chi connectivity index (χ0) is 11.3. The van der Waals surface area contributed by atoms with Crippen molar-refractivity contribution >= 4 is 9.84 Å². The maximum Gasteiger partial charge on any atom is 0.148 e. The van der Waals surface area contributed by atoms with Crippen LogP contribution in [0.4, 0.5) is 0 Å². The third-order valence-corrected chi connectivity index (χ3v) is 3.73. The molecule has 1 fully saturated rings. The van der Waals surface area contributed by atoms with Crippen molar-refractivity contribution in [3.05, 3.63) is 0 Å². The van der Waals surface area contributed by atoms with Crippen molar-refractivity contribution in [2.24, 2.45) is 0 Å². The largest absolute Gasteiger partial charge is 0.315 e. The van der Waals surface area contributed by atoms with Crippen LogP contribution >= 0.6 is 0 Å². The van der Waals surface area contributed by atoms with E-state index in [2.05, 4.69) is 17.1 Å². The Morgan fingerprint density at radius 1 is 1.40 bits per heavy atom. The summed E-state index contributed by atoms with van der Waals surface area (Å²) in [6.45, 7) is 5.88. The van der Waals surface area contributed by atoms with E-state index in [0.29, 0.717) is 12.6 Å². The lowest BCUT2D eigenvalue weighted by Crippen LogP contribution is -2.40. The summed E-state index contributed by atoms with van der Waals surface area (Å²) in [6.07, 6.45) is 3.54. The Hall–Kier alpha value is -0.130. The molecule has 15 heavy (non-hydrogen) atoms. The van der Waals surface area contributed by atoms with Crippen LogP contribution in [0, 0.1) is 0 Å². The molecule has 1 heterocycles. The first-order valence-corrected chi connectivity index (χ1v) is 7.71. The summed E-state index contributed by atoms with van der Waals surface area (Å²) in [5, 5.41) is 3.32. The van der Waals surface area contributed by atoms with Gasteiger partial charge in [-0.15, -0.1) is 0 Å². The molecule has 1 saturated heterocycles. The van der Waals surface area contributed by atoms with Gasteiger partial charge >= 0.3 is 0 Å². The second kappa shape index (κ2) is 5.82. The fraction of sp³-hybridized carbons (Fsp3) is 1.00. The molecule has 0 aliphatic carbocycles. The lowest BCUT2D eigenvalue weighted by Gasteiger charge is -2.27. The number of sulfone groups is 1. The molecule has 1 aliphatic heterocycles. The van der Waals surface area contributed by atoms with Crippen LogP contribution in [0.1, 0.15) is 19.8 Å². The van der Waals surface area contributed by atoms with Gasteiger partial charge < -0.3 is 5.32 Å². The van der Waals surface area contributed by atoms with Crippen LogP contribution in [-0.2, 0) is 9.84 Å². The zero-order valence-electron chi connectivity index (χ0n) is 9.70. The maximum atomic E-state index is 11.1. The summed E-state index contributed by atoms with van der Waals surface area (Å²) in [4.78, 5) is 2.31. The number of nitrogens with zero attached hydrogens (tertiary/aromatic N) is 1. The van der Waals surface area contributed by atoms with Crippen LogP contribution < -0.4 is 5.32 Å². The molecule has 0 spiro atoms. The fourth-order valence-electron chi connectivity index (χ4n) is 2.00. The van der Waals surface area contributed by atoms with Gasteiger partial charge in [0.2, 0.25) is 0 Å². The van der Waals surface area contributed by atoms with Gasteiger partial charge in [-0.25, -0.2) is 8.42 Å². The highest BCUT2D eigenvalue weighted by Crippen LogP contribution is 2.09. The van der Waals surface area contributed by atoms with E-state index in [4.69, 9.17) is 0 Å². The van der Waals surface area contributed by atoms with E-state index in [0.717, 1.165) is 32.5 Å². The maximum absolute atomic E-state index is 11.1. The molecule has 0 saturated carbocycles. The number of nitrogens with one attached hydrogen (secondary N) is 1. The fourth-order valence-corrected chi connectivity index (χ4v) is 2.56. The molecule has 0 amide bonds. The Labute approximate surface area is 93.0 Å². The average molecular weight is 234 g/mol. The quantitative estimate of drug-likeness (QED) is 0.708. The van der Waals surface area contributed by atoms with Crippen LogP contribution in [0.3, 0.4) is 0 Å². The van der Waals surface area contributed by atoms with Crippen molar-refractivity contribution in [3.8, 4) is 0 Å². The van der Waals surface area contributed by atoms with Gasteiger partial charge in [0.15, 0.2) is 0 Å². The summed E-state index contributed by atoms with van der Waals surface area (Å²) in [7, 11) is -2.83. The standard InChI is InChI=1S/C10H22N2O2S/c1-3-6-12(7-8-15(2,13)14)10-4-5-11-9-10/h10-11H,3-9H2,1-2H3. The average Bonchev–Trinajstić information content (AvgIpc) is 2.63. The third-order valence-electron chi connectivity index (χ3n) is 2.81. The van der Waals surface area contributed by atoms with Crippen LogP contribution in [0.25, 0.3) is 0 Å². The summed E-state index contributed by atoms with van der Waals surface area (Å²) in [5.41, 5.74) is 0. The first-order valence-electron chi connectivity index (χ1n) is 5.65. The second-order valence-electron chi connectivity index (χ2n) is 4.31. The topological polar surface area (TPSA) is 49.4 Å². The second-order valence-corrected chi connectivity index (χ2v) is 6.57. The summed E-state index contributed by atoms with van der Waals surface area (Å²) >= 11 is 0. The Balaban J connectivity index is 2.42. The minimum absolute atomic E-state index is 0.281. The van der Waals surface area contributed by atoms with E-state index < -0.39 is 9.84 Å². The molecular formula is C10H22N2O2S.